The number of fused-ring (bicyclic) bond motifs is 1. The highest BCUT2D eigenvalue weighted by Gasteiger charge is 2.10. The van der Waals surface area contributed by atoms with Gasteiger partial charge in [-0.3, -0.25) is 4.79 Å². The standard InChI is InChI=1S/C26H34BrFN2O2/c1-19(2)18-29-26(31)25(28)20(3)11-9-7-5-4-6-8-10-16-32-24-15-12-21-17-22(27)13-14-23(21)30-24/h9,11-15,17,19H,4-8,10,16,18H2,1-3H3,(H,29,31)/b11-9+,25-20+. The molecular weight excluding hydrogens is 471 g/mol. The number of benzene rings is 1. The van der Waals surface area contributed by atoms with Crippen molar-refractivity contribution in [3.05, 3.63) is 58.4 Å². The summed E-state index contributed by atoms with van der Waals surface area (Å²) < 4.78 is 20.8. The normalized spacial score (nSPS) is 12.4. The number of carbonyl (C=O) groups is 1. The summed E-state index contributed by atoms with van der Waals surface area (Å²) in [5.41, 5.74) is 1.30. The highest BCUT2D eigenvalue weighted by molar-refractivity contribution is 9.10. The molecule has 0 saturated heterocycles. The van der Waals surface area contributed by atoms with Gasteiger partial charge in [0.1, 0.15) is 0 Å². The van der Waals surface area contributed by atoms with E-state index in [1.165, 1.54) is 0 Å². The van der Waals surface area contributed by atoms with Crippen molar-refractivity contribution in [2.75, 3.05) is 13.2 Å². The number of hydrogen-bond donors (Lipinski definition) is 1. The number of pyridine rings is 1. The Morgan fingerprint density at radius 2 is 1.91 bits per heavy atom. The van der Waals surface area contributed by atoms with Crippen LogP contribution in [0.25, 0.3) is 10.9 Å². The van der Waals surface area contributed by atoms with Gasteiger partial charge in [-0.1, -0.05) is 61.2 Å². The Hall–Kier alpha value is -2.21. The molecule has 0 unspecified atom stereocenters. The van der Waals surface area contributed by atoms with Crippen LogP contribution in [0.15, 0.2) is 58.4 Å². The van der Waals surface area contributed by atoms with E-state index in [-0.39, 0.29) is 0 Å². The molecule has 0 radical (unpaired) electrons. The summed E-state index contributed by atoms with van der Waals surface area (Å²) in [6.45, 7) is 6.72. The third-order valence-corrected chi connectivity index (χ3v) is 5.47. The van der Waals surface area contributed by atoms with Crippen molar-refractivity contribution >= 4 is 32.7 Å². The molecule has 1 aromatic heterocycles. The van der Waals surface area contributed by atoms with Crippen molar-refractivity contribution in [1.29, 1.82) is 0 Å². The third kappa shape index (κ3) is 9.51. The van der Waals surface area contributed by atoms with Crippen molar-refractivity contribution in [2.24, 2.45) is 5.92 Å². The summed E-state index contributed by atoms with van der Waals surface area (Å²) in [6.07, 6.45) is 9.93. The largest absolute Gasteiger partial charge is 0.478 e. The van der Waals surface area contributed by atoms with Crippen LogP contribution in [0, 0.1) is 5.92 Å². The van der Waals surface area contributed by atoms with Gasteiger partial charge in [0.2, 0.25) is 5.88 Å². The molecule has 0 atom stereocenters. The number of allylic oxidation sites excluding steroid dienone is 3. The second-order valence-corrected chi connectivity index (χ2v) is 9.31. The molecule has 174 valence electrons. The van der Waals surface area contributed by atoms with Crippen LogP contribution in [-0.2, 0) is 4.79 Å². The Balaban J connectivity index is 1.56. The molecule has 1 N–H and O–H groups in total. The SMILES string of the molecule is CC(/C=C/CCCCCCCOc1ccc2cc(Br)ccc2n1)=C(\F)C(=O)NCC(C)C. The van der Waals surface area contributed by atoms with Gasteiger partial charge in [0.05, 0.1) is 12.1 Å². The van der Waals surface area contributed by atoms with Crippen LogP contribution in [0.4, 0.5) is 4.39 Å². The highest BCUT2D eigenvalue weighted by Crippen LogP contribution is 2.21. The van der Waals surface area contributed by atoms with Crippen LogP contribution in [0.1, 0.15) is 59.3 Å². The average molecular weight is 505 g/mol. The lowest BCUT2D eigenvalue weighted by Crippen LogP contribution is -2.27. The maximum absolute atomic E-state index is 14.0. The Bertz CT molecular complexity index is 941. The molecule has 0 saturated carbocycles. The van der Waals surface area contributed by atoms with E-state index in [2.05, 4.69) is 26.2 Å². The summed E-state index contributed by atoms with van der Waals surface area (Å²) in [6, 6.07) is 9.94. The molecule has 1 aromatic carbocycles. The molecule has 2 aromatic rings. The lowest BCUT2D eigenvalue weighted by molar-refractivity contribution is -0.119. The summed E-state index contributed by atoms with van der Waals surface area (Å²) in [5.74, 6) is -0.364. The lowest BCUT2D eigenvalue weighted by Gasteiger charge is -2.07. The Morgan fingerprint density at radius 3 is 2.69 bits per heavy atom. The van der Waals surface area contributed by atoms with Crippen molar-refractivity contribution in [1.82, 2.24) is 10.3 Å². The lowest BCUT2D eigenvalue weighted by atomic mass is 10.1. The molecular formula is C26H34BrFN2O2. The van der Waals surface area contributed by atoms with E-state index in [4.69, 9.17) is 4.74 Å². The molecule has 4 nitrogen and oxygen atoms in total. The number of aromatic nitrogens is 1. The van der Waals surface area contributed by atoms with Gasteiger partial charge in [-0.2, -0.15) is 0 Å². The molecule has 6 heteroatoms. The minimum atomic E-state index is -0.698. The van der Waals surface area contributed by atoms with E-state index in [0.717, 1.165) is 53.9 Å². The molecule has 1 amide bonds. The third-order valence-electron chi connectivity index (χ3n) is 4.98. The minimum Gasteiger partial charge on any atom is -0.478 e. The van der Waals surface area contributed by atoms with Crippen LogP contribution in [0.2, 0.25) is 0 Å². The smallest absolute Gasteiger partial charge is 0.280 e. The number of rotatable bonds is 13. The van der Waals surface area contributed by atoms with Crippen molar-refractivity contribution in [3.8, 4) is 5.88 Å². The maximum Gasteiger partial charge on any atom is 0.280 e. The van der Waals surface area contributed by atoms with Crippen LogP contribution in [0.5, 0.6) is 5.88 Å². The maximum atomic E-state index is 14.0. The zero-order valence-electron chi connectivity index (χ0n) is 19.3. The Morgan fingerprint density at radius 1 is 1.16 bits per heavy atom. The zero-order chi connectivity index (χ0) is 23.3. The first kappa shape index (κ1) is 26.0. The van der Waals surface area contributed by atoms with Gasteiger partial charge in [-0.15, -0.1) is 0 Å². The fraction of sp³-hybridized carbons (Fsp3) is 0.462. The van der Waals surface area contributed by atoms with Crippen LogP contribution in [0.3, 0.4) is 0 Å². The van der Waals surface area contributed by atoms with E-state index in [0.29, 0.717) is 30.5 Å². The molecule has 0 aliphatic carbocycles. The van der Waals surface area contributed by atoms with E-state index in [1.807, 2.05) is 50.3 Å². The number of nitrogens with one attached hydrogen (secondary N) is 1. The van der Waals surface area contributed by atoms with E-state index < -0.39 is 11.7 Å². The number of halogens is 2. The van der Waals surface area contributed by atoms with Crippen LogP contribution < -0.4 is 10.1 Å². The van der Waals surface area contributed by atoms with Crippen molar-refractivity contribution in [2.45, 2.75) is 59.3 Å². The fourth-order valence-electron chi connectivity index (χ4n) is 3.12. The number of nitrogens with zero attached hydrogens (tertiary/aromatic N) is 1. The molecule has 0 aliphatic heterocycles. The molecule has 1 heterocycles. The Labute approximate surface area is 199 Å². The second-order valence-electron chi connectivity index (χ2n) is 8.39. The van der Waals surface area contributed by atoms with E-state index in [1.54, 1.807) is 13.0 Å². The van der Waals surface area contributed by atoms with E-state index in [9.17, 15) is 9.18 Å². The topological polar surface area (TPSA) is 51.2 Å². The zero-order valence-corrected chi connectivity index (χ0v) is 20.9. The first-order valence-electron chi connectivity index (χ1n) is 11.4. The van der Waals surface area contributed by atoms with Gasteiger partial charge in [0, 0.05) is 22.5 Å². The highest BCUT2D eigenvalue weighted by atomic mass is 79.9. The molecule has 0 bridgehead atoms. The summed E-state index contributed by atoms with van der Waals surface area (Å²) in [4.78, 5) is 16.2. The first-order valence-corrected chi connectivity index (χ1v) is 12.2. The van der Waals surface area contributed by atoms with E-state index >= 15 is 0 Å². The van der Waals surface area contributed by atoms with Gasteiger partial charge in [-0.25, -0.2) is 9.37 Å². The summed E-state index contributed by atoms with van der Waals surface area (Å²) >= 11 is 3.47. The first-order chi connectivity index (χ1) is 15.4. The number of unbranched alkanes of at least 4 members (excludes halogenated alkanes) is 5. The molecule has 0 spiro atoms. The monoisotopic (exact) mass is 504 g/mol. The van der Waals surface area contributed by atoms with Crippen LogP contribution in [-0.4, -0.2) is 24.0 Å². The predicted molar refractivity (Wildman–Crippen MR) is 133 cm³/mol. The minimum absolute atomic E-state index is 0.298. The number of carbonyl (C=O) groups excluding carboxylic acids is 1. The number of ether oxygens (including phenoxy) is 1. The number of hydrogen-bond acceptors (Lipinski definition) is 3. The second kappa shape index (κ2) is 14.0. The van der Waals surface area contributed by atoms with Gasteiger partial charge < -0.3 is 10.1 Å². The molecule has 32 heavy (non-hydrogen) atoms. The summed E-state index contributed by atoms with van der Waals surface area (Å²) in [7, 11) is 0. The molecule has 0 aliphatic rings. The van der Waals surface area contributed by atoms with Gasteiger partial charge >= 0.3 is 0 Å². The Kier molecular flexibility index (Phi) is 11.4. The van der Waals surface area contributed by atoms with Gasteiger partial charge in [-0.05, 0) is 61.9 Å². The van der Waals surface area contributed by atoms with Crippen LogP contribution >= 0.6 is 15.9 Å². The predicted octanol–water partition coefficient (Wildman–Crippen LogP) is 7.29. The summed E-state index contributed by atoms with van der Waals surface area (Å²) in [5, 5.41) is 3.68. The molecule has 2 rings (SSSR count). The quantitative estimate of drug-likeness (QED) is 0.177. The van der Waals surface area contributed by atoms with Crippen molar-refractivity contribution in [3.63, 3.8) is 0 Å². The van der Waals surface area contributed by atoms with Gasteiger partial charge in [0.15, 0.2) is 5.83 Å². The number of amides is 1. The average Bonchev–Trinajstić information content (AvgIpc) is 2.77. The fourth-order valence-corrected chi connectivity index (χ4v) is 3.50. The van der Waals surface area contributed by atoms with Crippen molar-refractivity contribution < 1.29 is 13.9 Å². The van der Waals surface area contributed by atoms with Gasteiger partial charge in [0.25, 0.3) is 5.91 Å². The molecule has 0 fully saturated rings.